The Kier molecular flexibility index (Phi) is 4.72. The first-order valence-corrected chi connectivity index (χ1v) is 11.4. The Balaban J connectivity index is 1.34. The van der Waals surface area contributed by atoms with Crippen LogP contribution in [0.15, 0.2) is 73.3 Å². The van der Waals surface area contributed by atoms with Crippen molar-refractivity contribution in [3.63, 3.8) is 0 Å². The van der Waals surface area contributed by atoms with Gasteiger partial charge in [-0.05, 0) is 60.2 Å². The van der Waals surface area contributed by atoms with Crippen LogP contribution in [0, 0.1) is 6.92 Å². The number of aryl methyl sites for hydroxylation is 2. The third-order valence-electron chi connectivity index (χ3n) is 6.61. The maximum absolute atomic E-state index is 4.67. The molecule has 1 saturated heterocycles. The fourth-order valence-electron chi connectivity index (χ4n) is 4.92. The maximum Gasteiger partial charge on any atom is 0.131 e. The van der Waals surface area contributed by atoms with Crippen molar-refractivity contribution in [1.82, 2.24) is 19.5 Å². The molecular weight excluding hydrogens is 408 g/mol. The molecule has 2 aromatic carbocycles. The second-order valence-electron chi connectivity index (χ2n) is 8.87. The van der Waals surface area contributed by atoms with E-state index in [2.05, 4.69) is 92.4 Å². The van der Waals surface area contributed by atoms with Crippen molar-refractivity contribution >= 4 is 33.4 Å². The first-order valence-electron chi connectivity index (χ1n) is 11.4. The first kappa shape index (κ1) is 19.7. The summed E-state index contributed by atoms with van der Waals surface area (Å²) in [5, 5.41) is 5.00. The molecule has 33 heavy (non-hydrogen) atoms. The molecule has 0 saturated carbocycles. The van der Waals surface area contributed by atoms with Gasteiger partial charge < -0.3 is 14.8 Å². The summed E-state index contributed by atoms with van der Waals surface area (Å²) in [4.78, 5) is 16.3. The number of hydrogen-bond acceptors (Lipinski definition) is 5. The van der Waals surface area contributed by atoms with Crippen LogP contribution in [0.25, 0.3) is 33.1 Å². The molecule has 0 bridgehead atoms. The molecule has 1 N–H and O–H groups in total. The average molecular weight is 435 g/mol. The van der Waals surface area contributed by atoms with Crippen LogP contribution in [-0.4, -0.2) is 38.7 Å². The van der Waals surface area contributed by atoms with E-state index in [1.807, 2.05) is 12.3 Å². The first-order chi connectivity index (χ1) is 16.2. The van der Waals surface area contributed by atoms with Crippen molar-refractivity contribution in [3.05, 3.63) is 78.9 Å². The van der Waals surface area contributed by atoms with Crippen molar-refractivity contribution in [3.8, 4) is 11.1 Å². The van der Waals surface area contributed by atoms with Crippen LogP contribution in [0.4, 0.5) is 11.5 Å². The summed E-state index contributed by atoms with van der Waals surface area (Å²) in [5.74, 6) is 1.09. The van der Waals surface area contributed by atoms with Crippen molar-refractivity contribution in [2.75, 3.05) is 23.3 Å². The summed E-state index contributed by atoms with van der Waals surface area (Å²) in [7, 11) is 2.08. The molecule has 164 valence electrons. The van der Waals surface area contributed by atoms with Gasteiger partial charge in [-0.25, -0.2) is 4.98 Å². The van der Waals surface area contributed by atoms with E-state index in [1.165, 1.54) is 16.5 Å². The number of anilines is 2. The summed E-state index contributed by atoms with van der Waals surface area (Å²) in [6, 6.07) is 17.5. The smallest absolute Gasteiger partial charge is 0.131 e. The molecule has 1 atom stereocenters. The molecule has 0 unspecified atom stereocenters. The number of benzene rings is 2. The van der Waals surface area contributed by atoms with Gasteiger partial charge in [0.25, 0.3) is 0 Å². The molecule has 6 heteroatoms. The maximum atomic E-state index is 4.67. The van der Waals surface area contributed by atoms with Gasteiger partial charge in [0.15, 0.2) is 0 Å². The van der Waals surface area contributed by atoms with Gasteiger partial charge in [0.1, 0.15) is 5.82 Å². The quantitative estimate of drug-likeness (QED) is 0.422. The van der Waals surface area contributed by atoms with Crippen LogP contribution in [0.2, 0.25) is 0 Å². The summed E-state index contributed by atoms with van der Waals surface area (Å²) in [5.41, 5.74) is 7.58. The van der Waals surface area contributed by atoms with Crippen molar-refractivity contribution in [1.29, 1.82) is 0 Å². The molecule has 0 aliphatic carbocycles. The topological polar surface area (TPSA) is 58.9 Å². The lowest BCUT2D eigenvalue weighted by Crippen LogP contribution is -2.27. The number of aromatic nitrogens is 4. The molecule has 6 nitrogen and oxygen atoms in total. The van der Waals surface area contributed by atoms with Crippen LogP contribution >= 0.6 is 0 Å². The standard InChI is InChI=1S/C27H26N6/c1-18-4-3-9-30-27(18)33-13-8-21(17-33)31-22-15-23(26-24(16-22)28-10-11-29-26)20-6-5-19-7-12-32(2)25(19)14-20/h3-7,9-12,14-16,21,31H,8,13,17H2,1-2H3/t21-/m0/s1. The van der Waals surface area contributed by atoms with E-state index in [0.717, 1.165) is 53.2 Å². The minimum atomic E-state index is 0.351. The predicted octanol–water partition coefficient (Wildman–Crippen LogP) is 5.18. The molecule has 5 aromatic rings. The lowest BCUT2D eigenvalue weighted by molar-refractivity contribution is 0.806. The number of nitrogens with one attached hydrogen (secondary N) is 1. The minimum Gasteiger partial charge on any atom is -0.380 e. The summed E-state index contributed by atoms with van der Waals surface area (Å²) < 4.78 is 2.15. The number of rotatable bonds is 4. The summed E-state index contributed by atoms with van der Waals surface area (Å²) in [6.07, 6.45) is 8.57. The van der Waals surface area contributed by atoms with Crippen LogP contribution in [0.5, 0.6) is 0 Å². The van der Waals surface area contributed by atoms with E-state index in [4.69, 9.17) is 0 Å². The van der Waals surface area contributed by atoms with Crippen molar-refractivity contribution < 1.29 is 0 Å². The summed E-state index contributed by atoms with van der Waals surface area (Å²) in [6.45, 7) is 4.06. The highest BCUT2D eigenvalue weighted by molar-refractivity contribution is 5.97. The minimum absolute atomic E-state index is 0.351. The van der Waals surface area contributed by atoms with Crippen molar-refractivity contribution in [2.24, 2.45) is 7.05 Å². The Morgan fingerprint density at radius 3 is 2.79 bits per heavy atom. The van der Waals surface area contributed by atoms with E-state index in [1.54, 1.807) is 12.4 Å². The van der Waals surface area contributed by atoms with Gasteiger partial charge in [0, 0.05) is 67.7 Å². The SMILES string of the molecule is Cc1cccnc1N1CC[C@H](Nc2cc(-c3ccc4ccn(C)c4c3)c3nccnc3c2)C1. The van der Waals surface area contributed by atoms with Crippen LogP contribution in [-0.2, 0) is 7.05 Å². The molecular formula is C27H26N6. The van der Waals surface area contributed by atoms with E-state index in [9.17, 15) is 0 Å². The van der Waals surface area contributed by atoms with Gasteiger partial charge in [-0.3, -0.25) is 9.97 Å². The molecule has 1 aliphatic rings. The summed E-state index contributed by atoms with van der Waals surface area (Å²) >= 11 is 0. The van der Waals surface area contributed by atoms with E-state index < -0.39 is 0 Å². The molecule has 3 aromatic heterocycles. The van der Waals surface area contributed by atoms with Crippen LogP contribution < -0.4 is 10.2 Å². The van der Waals surface area contributed by atoms with E-state index >= 15 is 0 Å². The zero-order valence-corrected chi connectivity index (χ0v) is 18.9. The number of fused-ring (bicyclic) bond motifs is 2. The third-order valence-corrected chi connectivity index (χ3v) is 6.61. The number of pyridine rings is 1. The van der Waals surface area contributed by atoms with Gasteiger partial charge in [0.05, 0.1) is 11.0 Å². The molecule has 0 spiro atoms. The second-order valence-corrected chi connectivity index (χ2v) is 8.87. The average Bonchev–Trinajstić information content (AvgIpc) is 3.45. The van der Waals surface area contributed by atoms with E-state index in [0.29, 0.717) is 6.04 Å². The fourth-order valence-corrected chi connectivity index (χ4v) is 4.92. The second kappa shape index (κ2) is 7.89. The molecule has 0 radical (unpaired) electrons. The Bertz CT molecular complexity index is 1470. The Hall–Kier alpha value is -3.93. The normalized spacial score (nSPS) is 16.1. The van der Waals surface area contributed by atoms with Gasteiger partial charge in [0.2, 0.25) is 0 Å². The highest BCUT2D eigenvalue weighted by Crippen LogP contribution is 2.33. The zero-order chi connectivity index (χ0) is 22.4. The largest absolute Gasteiger partial charge is 0.380 e. The highest BCUT2D eigenvalue weighted by atomic mass is 15.2. The Morgan fingerprint density at radius 1 is 0.970 bits per heavy atom. The van der Waals surface area contributed by atoms with Gasteiger partial charge in [-0.2, -0.15) is 0 Å². The molecule has 1 aliphatic heterocycles. The van der Waals surface area contributed by atoms with Crippen LogP contribution in [0.3, 0.4) is 0 Å². The molecule has 1 fully saturated rings. The molecule has 6 rings (SSSR count). The monoisotopic (exact) mass is 434 g/mol. The fraction of sp³-hybridized carbons (Fsp3) is 0.222. The highest BCUT2D eigenvalue weighted by Gasteiger charge is 2.24. The van der Waals surface area contributed by atoms with Gasteiger partial charge in [-0.1, -0.05) is 18.2 Å². The lowest BCUT2D eigenvalue weighted by Gasteiger charge is -2.20. The van der Waals surface area contributed by atoms with Gasteiger partial charge >= 0.3 is 0 Å². The lowest BCUT2D eigenvalue weighted by atomic mass is 10.0. The van der Waals surface area contributed by atoms with E-state index in [-0.39, 0.29) is 0 Å². The van der Waals surface area contributed by atoms with Gasteiger partial charge in [-0.15, -0.1) is 0 Å². The molecule has 4 heterocycles. The number of nitrogens with zero attached hydrogens (tertiary/aromatic N) is 5. The predicted molar refractivity (Wildman–Crippen MR) is 135 cm³/mol. The zero-order valence-electron chi connectivity index (χ0n) is 18.9. The third kappa shape index (κ3) is 3.57. The van der Waals surface area contributed by atoms with Crippen molar-refractivity contribution in [2.45, 2.75) is 19.4 Å². The van der Waals surface area contributed by atoms with Crippen LogP contribution in [0.1, 0.15) is 12.0 Å². The number of hydrogen-bond donors (Lipinski definition) is 1. The Labute approximate surface area is 192 Å². The molecule has 0 amide bonds. The Morgan fingerprint density at radius 2 is 1.88 bits per heavy atom.